The lowest BCUT2D eigenvalue weighted by Crippen LogP contribution is -2.18. The lowest BCUT2D eigenvalue weighted by Gasteiger charge is -2.16. The maximum Gasteiger partial charge on any atom is 0.340 e. The normalized spacial score (nSPS) is 16.6. The molecule has 0 radical (unpaired) electrons. The second-order valence-corrected chi connectivity index (χ2v) is 5.81. The quantitative estimate of drug-likeness (QED) is 0.508. The number of benzene rings is 2. The van der Waals surface area contributed by atoms with Crippen LogP contribution in [-0.4, -0.2) is 12.1 Å². The molecule has 0 unspecified atom stereocenters. The Balaban J connectivity index is 1.81. The highest BCUT2D eigenvalue weighted by Crippen LogP contribution is 2.25. The van der Waals surface area contributed by atoms with Crippen molar-refractivity contribution in [3.63, 3.8) is 0 Å². The minimum atomic E-state index is -0.287. The van der Waals surface area contributed by atoms with E-state index in [9.17, 15) is 4.79 Å². The Hall–Kier alpha value is -2.03. The summed E-state index contributed by atoms with van der Waals surface area (Å²) in [6.07, 6.45) is 6.76. The van der Waals surface area contributed by atoms with E-state index in [1.165, 1.54) is 12.8 Å². The molecule has 0 bridgehead atoms. The summed E-state index contributed by atoms with van der Waals surface area (Å²) in [4.78, 5) is 12.4. The predicted octanol–water partition coefficient (Wildman–Crippen LogP) is 4.30. The number of rotatable bonds is 2. The number of carbonyl (C=O) groups excluding carboxylic acids is 1. The van der Waals surface area contributed by atoms with E-state index in [-0.39, 0.29) is 12.1 Å². The third-order valence-corrected chi connectivity index (χ3v) is 4.21. The van der Waals surface area contributed by atoms with Gasteiger partial charge in [-0.05, 0) is 48.6 Å². The van der Waals surface area contributed by atoms with Gasteiger partial charge in [0.25, 0.3) is 0 Å². The zero-order valence-electron chi connectivity index (χ0n) is 12.2. The topological polar surface area (TPSA) is 52.3 Å². The molecule has 1 aliphatic carbocycles. The van der Waals surface area contributed by atoms with Crippen molar-refractivity contribution < 1.29 is 9.53 Å². The predicted molar refractivity (Wildman–Crippen MR) is 85.3 cm³/mol. The van der Waals surface area contributed by atoms with Gasteiger partial charge >= 0.3 is 5.97 Å². The SMILES string of the molecule is Nc1cc2ccccc2cc1C(=O)OC1CCCCCC1. The van der Waals surface area contributed by atoms with E-state index in [2.05, 4.69) is 0 Å². The van der Waals surface area contributed by atoms with Gasteiger partial charge in [-0.25, -0.2) is 4.79 Å². The molecule has 1 aliphatic rings. The number of esters is 1. The van der Waals surface area contributed by atoms with Crippen molar-refractivity contribution in [2.45, 2.75) is 44.6 Å². The number of hydrogen-bond acceptors (Lipinski definition) is 3. The second-order valence-electron chi connectivity index (χ2n) is 5.81. The summed E-state index contributed by atoms with van der Waals surface area (Å²) in [7, 11) is 0. The fourth-order valence-electron chi connectivity index (χ4n) is 3.01. The van der Waals surface area contributed by atoms with Crippen LogP contribution in [0.25, 0.3) is 10.8 Å². The van der Waals surface area contributed by atoms with Crippen molar-refractivity contribution in [3.05, 3.63) is 42.0 Å². The van der Waals surface area contributed by atoms with Gasteiger partial charge in [-0.3, -0.25) is 0 Å². The van der Waals surface area contributed by atoms with Crippen molar-refractivity contribution in [1.29, 1.82) is 0 Å². The van der Waals surface area contributed by atoms with Crippen molar-refractivity contribution in [1.82, 2.24) is 0 Å². The molecular formula is C18H21NO2. The van der Waals surface area contributed by atoms with Crippen LogP contribution in [0.15, 0.2) is 36.4 Å². The van der Waals surface area contributed by atoms with Crippen LogP contribution >= 0.6 is 0 Å². The number of fused-ring (bicyclic) bond motifs is 1. The lowest BCUT2D eigenvalue weighted by molar-refractivity contribution is 0.0269. The molecule has 3 rings (SSSR count). The third kappa shape index (κ3) is 3.18. The van der Waals surface area contributed by atoms with Gasteiger partial charge in [0.2, 0.25) is 0 Å². The molecule has 0 atom stereocenters. The molecule has 2 aromatic carbocycles. The number of nitrogens with two attached hydrogens (primary N) is 1. The van der Waals surface area contributed by atoms with Gasteiger partial charge < -0.3 is 10.5 Å². The van der Waals surface area contributed by atoms with Crippen LogP contribution in [0.2, 0.25) is 0 Å². The number of nitrogen functional groups attached to an aromatic ring is 1. The highest BCUT2D eigenvalue weighted by Gasteiger charge is 2.19. The maximum atomic E-state index is 12.4. The number of hydrogen-bond donors (Lipinski definition) is 1. The highest BCUT2D eigenvalue weighted by atomic mass is 16.5. The van der Waals surface area contributed by atoms with Crippen molar-refractivity contribution >= 4 is 22.4 Å². The van der Waals surface area contributed by atoms with Gasteiger partial charge in [-0.2, -0.15) is 0 Å². The van der Waals surface area contributed by atoms with E-state index in [4.69, 9.17) is 10.5 Å². The Morgan fingerprint density at radius 3 is 2.29 bits per heavy atom. The van der Waals surface area contributed by atoms with Crippen LogP contribution in [0.1, 0.15) is 48.9 Å². The van der Waals surface area contributed by atoms with Crippen LogP contribution in [-0.2, 0) is 4.74 Å². The molecule has 0 spiro atoms. The Labute approximate surface area is 125 Å². The fraction of sp³-hybridized carbons (Fsp3) is 0.389. The molecule has 2 aromatic rings. The molecule has 110 valence electrons. The minimum Gasteiger partial charge on any atom is -0.459 e. The summed E-state index contributed by atoms with van der Waals surface area (Å²) in [5, 5.41) is 2.06. The summed E-state index contributed by atoms with van der Waals surface area (Å²) >= 11 is 0. The molecule has 0 aromatic heterocycles. The molecule has 2 N–H and O–H groups in total. The second kappa shape index (κ2) is 6.17. The van der Waals surface area contributed by atoms with Crippen LogP contribution < -0.4 is 5.73 Å². The zero-order chi connectivity index (χ0) is 14.7. The average molecular weight is 283 g/mol. The summed E-state index contributed by atoms with van der Waals surface area (Å²) in [5.41, 5.74) is 7.00. The maximum absolute atomic E-state index is 12.4. The molecule has 21 heavy (non-hydrogen) atoms. The summed E-state index contributed by atoms with van der Waals surface area (Å²) in [6.45, 7) is 0. The summed E-state index contributed by atoms with van der Waals surface area (Å²) < 4.78 is 5.67. The Morgan fingerprint density at radius 1 is 1.00 bits per heavy atom. The van der Waals surface area contributed by atoms with E-state index in [0.717, 1.165) is 36.5 Å². The summed E-state index contributed by atoms with van der Waals surface area (Å²) in [6, 6.07) is 11.6. The van der Waals surface area contributed by atoms with Crippen LogP contribution in [0.5, 0.6) is 0 Å². The van der Waals surface area contributed by atoms with E-state index in [0.29, 0.717) is 11.3 Å². The van der Waals surface area contributed by atoms with E-state index >= 15 is 0 Å². The third-order valence-electron chi connectivity index (χ3n) is 4.21. The van der Waals surface area contributed by atoms with E-state index < -0.39 is 0 Å². The average Bonchev–Trinajstić information content (AvgIpc) is 2.75. The van der Waals surface area contributed by atoms with Gasteiger partial charge in [0.15, 0.2) is 0 Å². The Morgan fingerprint density at radius 2 is 1.62 bits per heavy atom. The minimum absolute atomic E-state index is 0.0471. The molecule has 3 heteroatoms. The first kappa shape index (κ1) is 13.9. The largest absolute Gasteiger partial charge is 0.459 e. The molecular weight excluding hydrogens is 262 g/mol. The smallest absolute Gasteiger partial charge is 0.340 e. The lowest BCUT2D eigenvalue weighted by atomic mass is 10.0. The molecule has 1 fully saturated rings. The van der Waals surface area contributed by atoms with Gasteiger partial charge in [0, 0.05) is 5.69 Å². The van der Waals surface area contributed by atoms with Gasteiger partial charge in [0.05, 0.1) is 5.56 Å². The van der Waals surface area contributed by atoms with E-state index in [1.54, 1.807) is 0 Å². The summed E-state index contributed by atoms with van der Waals surface area (Å²) in [5.74, 6) is -0.287. The Kier molecular flexibility index (Phi) is 4.09. The first-order valence-electron chi connectivity index (χ1n) is 7.73. The molecule has 0 aliphatic heterocycles. The van der Waals surface area contributed by atoms with Crippen molar-refractivity contribution in [3.8, 4) is 0 Å². The highest BCUT2D eigenvalue weighted by molar-refractivity contribution is 6.01. The Bertz CT molecular complexity index is 643. The number of anilines is 1. The fourth-order valence-corrected chi connectivity index (χ4v) is 3.01. The van der Waals surface area contributed by atoms with Gasteiger partial charge in [-0.15, -0.1) is 0 Å². The zero-order valence-corrected chi connectivity index (χ0v) is 12.2. The van der Waals surface area contributed by atoms with Crippen LogP contribution in [0.3, 0.4) is 0 Å². The first-order valence-corrected chi connectivity index (χ1v) is 7.73. The van der Waals surface area contributed by atoms with Crippen molar-refractivity contribution in [2.75, 3.05) is 5.73 Å². The molecule has 0 amide bonds. The number of carbonyl (C=O) groups is 1. The van der Waals surface area contributed by atoms with E-state index in [1.807, 2.05) is 36.4 Å². The molecule has 0 heterocycles. The number of ether oxygens (including phenoxy) is 1. The monoisotopic (exact) mass is 283 g/mol. The molecule has 1 saturated carbocycles. The first-order chi connectivity index (χ1) is 10.2. The van der Waals surface area contributed by atoms with Gasteiger partial charge in [0.1, 0.15) is 6.10 Å². The van der Waals surface area contributed by atoms with Crippen LogP contribution in [0, 0.1) is 0 Å². The van der Waals surface area contributed by atoms with Gasteiger partial charge in [-0.1, -0.05) is 37.1 Å². The molecule has 0 saturated heterocycles. The van der Waals surface area contributed by atoms with Crippen LogP contribution in [0.4, 0.5) is 5.69 Å². The standard InChI is InChI=1S/C18H21NO2/c19-17-12-14-8-6-5-7-13(14)11-16(17)18(20)21-15-9-3-1-2-4-10-15/h5-8,11-12,15H,1-4,9-10,19H2. The molecule has 3 nitrogen and oxygen atoms in total. The van der Waals surface area contributed by atoms with Crippen molar-refractivity contribution in [2.24, 2.45) is 0 Å².